The Morgan fingerprint density at radius 2 is 1.85 bits per heavy atom. The van der Waals surface area contributed by atoms with Crippen molar-refractivity contribution in [3.05, 3.63) is 28.9 Å². The third kappa shape index (κ3) is 2.46. The van der Waals surface area contributed by atoms with Crippen LogP contribution in [-0.4, -0.2) is 31.1 Å². The molecule has 2 aromatic rings. The second-order valence-corrected chi connectivity index (χ2v) is 4.44. The van der Waals surface area contributed by atoms with Crippen LogP contribution < -0.4 is 19.9 Å². The lowest BCUT2D eigenvalue weighted by Gasteiger charge is -2.16. The van der Waals surface area contributed by atoms with Crippen LogP contribution in [0, 0.1) is 0 Å². The van der Waals surface area contributed by atoms with Gasteiger partial charge in [0.15, 0.2) is 11.5 Å². The third-order valence-electron chi connectivity index (χ3n) is 2.94. The molecule has 0 aliphatic carbocycles. The monoisotopic (exact) mass is 297 g/mol. The number of rotatable bonds is 5. The van der Waals surface area contributed by atoms with Gasteiger partial charge >= 0.3 is 0 Å². The number of benzene rings is 1. The Morgan fingerprint density at radius 1 is 1.15 bits per heavy atom. The van der Waals surface area contributed by atoms with Crippen molar-refractivity contribution in [3.8, 4) is 17.2 Å². The van der Waals surface area contributed by atoms with Gasteiger partial charge in [0.25, 0.3) is 0 Å². The van der Waals surface area contributed by atoms with Gasteiger partial charge in [0.05, 0.1) is 34.1 Å². The van der Waals surface area contributed by atoms with Gasteiger partial charge in [0, 0.05) is 5.56 Å². The smallest absolute Gasteiger partial charge is 0.203 e. The Morgan fingerprint density at radius 3 is 2.35 bits per heavy atom. The zero-order valence-corrected chi connectivity index (χ0v) is 12.3. The Balaban J connectivity index is 2.44. The molecule has 0 aliphatic heterocycles. The molecule has 0 spiro atoms. The highest BCUT2D eigenvalue weighted by Crippen LogP contribution is 2.40. The highest BCUT2D eigenvalue weighted by molar-refractivity contribution is 6.32. The van der Waals surface area contributed by atoms with Gasteiger partial charge in [-0.25, -0.2) is 4.68 Å². The molecule has 2 N–H and O–H groups in total. The summed E-state index contributed by atoms with van der Waals surface area (Å²) in [6.07, 6.45) is 1.50. The van der Waals surface area contributed by atoms with E-state index in [4.69, 9.17) is 31.5 Å². The number of hydrogen-bond donors (Lipinski definition) is 1. The van der Waals surface area contributed by atoms with E-state index < -0.39 is 0 Å². The normalized spacial score (nSPS) is 10.4. The zero-order valence-electron chi connectivity index (χ0n) is 11.5. The van der Waals surface area contributed by atoms with Crippen LogP contribution in [0.3, 0.4) is 0 Å². The Bertz CT molecular complexity index is 613. The number of nitrogens with zero attached hydrogens (tertiary/aromatic N) is 2. The van der Waals surface area contributed by atoms with Crippen molar-refractivity contribution in [2.75, 3.05) is 27.1 Å². The van der Waals surface area contributed by atoms with Gasteiger partial charge in [-0.05, 0) is 12.1 Å². The lowest BCUT2D eigenvalue weighted by atomic mass is 10.1. The predicted molar refractivity (Wildman–Crippen MR) is 76.8 cm³/mol. The van der Waals surface area contributed by atoms with Crippen LogP contribution in [-0.2, 0) is 6.54 Å². The number of ether oxygens (including phenoxy) is 3. The van der Waals surface area contributed by atoms with Crippen LogP contribution in [0.25, 0.3) is 0 Å². The minimum atomic E-state index is 0.406. The minimum absolute atomic E-state index is 0.406. The van der Waals surface area contributed by atoms with Crippen LogP contribution in [0.4, 0.5) is 5.82 Å². The van der Waals surface area contributed by atoms with Crippen molar-refractivity contribution in [3.63, 3.8) is 0 Å². The van der Waals surface area contributed by atoms with Gasteiger partial charge in [-0.2, -0.15) is 5.10 Å². The summed E-state index contributed by atoms with van der Waals surface area (Å²) in [6.45, 7) is 0.419. The van der Waals surface area contributed by atoms with E-state index in [0.717, 1.165) is 5.56 Å². The second-order valence-electron chi connectivity index (χ2n) is 4.03. The summed E-state index contributed by atoms with van der Waals surface area (Å²) >= 11 is 5.89. The molecule has 0 amide bonds. The molecule has 0 saturated heterocycles. The molecule has 20 heavy (non-hydrogen) atoms. The Hall–Kier alpha value is -2.08. The molecule has 2 rings (SSSR count). The Kier molecular flexibility index (Phi) is 4.24. The zero-order chi connectivity index (χ0) is 14.7. The first kappa shape index (κ1) is 14.3. The first-order valence-corrected chi connectivity index (χ1v) is 6.24. The van der Waals surface area contributed by atoms with Gasteiger partial charge in [0.2, 0.25) is 5.75 Å². The molecule has 0 aliphatic rings. The molecule has 0 unspecified atom stereocenters. The van der Waals surface area contributed by atoms with E-state index in [0.29, 0.717) is 34.6 Å². The van der Waals surface area contributed by atoms with Crippen LogP contribution in [0.1, 0.15) is 5.56 Å². The van der Waals surface area contributed by atoms with Crippen LogP contribution in [0.2, 0.25) is 5.02 Å². The number of nitrogens with two attached hydrogens (primary N) is 1. The summed E-state index contributed by atoms with van der Waals surface area (Å²) in [5.74, 6) is 2.12. The van der Waals surface area contributed by atoms with E-state index in [9.17, 15) is 0 Å². The molecular weight excluding hydrogens is 282 g/mol. The van der Waals surface area contributed by atoms with E-state index in [1.165, 1.54) is 6.20 Å². The molecule has 108 valence electrons. The Labute approximate surface area is 122 Å². The fraction of sp³-hybridized carbons (Fsp3) is 0.308. The number of anilines is 1. The number of methoxy groups -OCH3 is 3. The maximum Gasteiger partial charge on any atom is 0.203 e. The SMILES string of the molecule is COc1ccc(Cn2ncc(Cl)c2N)c(OC)c1OC. The van der Waals surface area contributed by atoms with Crippen LogP contribution >= 0.6 is 11.6 Å². The van der Waals surface area contributed by atoms with Gasteiger partial charge < -0.3 is 19.9 Å². The summed E-state index contributed by atoms with van der Waals surface area (Å²) in [5.41, 5.74) is 6.70. The van der Waals surface area contributed by atoms with Crippen molar-refractivity contribution in [1.29, 1.82) is 0 Å². The van der Waals surface area contributed by atoms with E-state index in [1.54, 1.807) is 32.1 Å². The number of nitrogen functional groups attached to an aromatic ring is 1. The van der Waals surface area contributed by atoms with E-state index >= 15 is 0 Å². The standard InChI is InChI=1S/C13H16ClN3O3/c1-18-10-5-4-8(11(19-2)12(10)20-3)7-17-13(15)9(14)6-16-17/h4-6H,7,15H2,1-3H3. The third-order valence-corrected chi connectivity index (χ3v) is 3.23. The molecule has 0 saturated carbocycles. The molecule has 1 aromatic carbocycles. The molecule has 0 bridgehead atoms. The molecule has 1 heterocycles. The van der Waals surface area contributed by atoms with Gasteiger partial charge in [-0.3, -0.25) is 0 Å². The van der Waals surface area contributed by atoms with E-state index in [1.807, 2.05) is 6.07 Å². The number of aromatic nitrogens is 2. The predicted octanol–water partition coefficient (Wildman–Crippen LogP) is 2.19. The van der Waals surface area contributed by atoms with Crippen molar-refractivity contribution >= 4 is 17.4 Å². The average Bonchev–Trinajstić information content (AvgIpc) is 2.78. The lowest BCUT2D eigenvalue weighted by molar-refractivity contribution is 0.321. The molecule has 0 fully saturated rings. The quantitative estimate of drug-likeness (QED) is 0.916. The highest BCUT2D eigenvalue weighted by atomic mass is 35.5. The van der Waals surface area contributed by atoms with Crippen molar-refractivity contribution in [2.45, 2.75) is 6.54 Å². The van der Waals surface area contributed by atoms with E-state index in [2.05, 4.69) is 5.10 Å². The lowest BCUT2D eigenvalue weighted by Crippen LogP contribution is -2.08. The largest absolute Gasteiger partial charge is 0.493 e. The first-order chi connectivity index (χ1) is 9.62. The topological polar surface area (TPSA) is 71.5 Å². The van der Waals surface area contributed by atoms with Gasteiger partial charge in [0.1, 0.15) is 10.8 Å². The minimum Gasteiger partial charge on any atom is -0.493 e. The fourth-order valence-electron chi connectivity index (χ4n) is 1.95. The number of halogens is 1. The van der Waals surface area contributed by atoms with Crippen molar-refractivity contribution in [1.82, 2.24) is 9.78 Å². The summed E-state index contributed by atoms with van der Waals surface area (Å²) in [6, 6.07) is 3.67. The van der Waals surface area contributed by atoms with Crippen LogP contribution in [0.15, 0.2) is 18.3 Å². The molecule has 1 aromatic heterocycles. The number of hydrogen-bond acceptors (Lipinski definition) is 5. The first-order valence-electron chi connectivity index (χ1n) is 5.87. The van der Waals surface area contributed by atoms with Crippen molar-refractivity contribution < 1.29 is 14.2 Å². The molecule has 6 nitrogen and oxygen atoms in total. The molecule has 7 heteroatoms. The summed E-state index contributed by atoms with van der Waals surface area (Å²) < 4.78 is 17.6. The maximum absolute atomic E-state index is 5.89. The molecular formula is C13H16ClN3O3. The van der Waals surface area contributed by atoms with Crippen molar-refractivity contribution in [2.24, 2.45) is 0 Å². The highest BCUT2D eigenvalue weighted by Gasteiger charge is 2.17. The van der Waals surface area contributed by atoms with Gasteiger partial charge in [-0.15, -0.1) is 0 Å². The molecule has 0 atom stereocenters. The average molecular weight is 298 g/mol. The second kappa shape index (κ2) is 5.92. The summed E-state index contributed by atoms with van der Waals surface area (Å²) in [4.78, 5) is 0. The van der Waals surface area contributed by atoms with Gasteiger partial charge in [-0.1, -0.05) is 11.6 Å². The fourth-order valence-corrected chi connectivity index (χ4v) is 2.09. The van der Waals surface area contributed by atoms with Crippen LogP contribution in [0.5, 0.6) is 17.2 Å². The summed E-state index contributed by atoms with van der Waals surface area (Å²) in [7, 11) is 4.70. The maximum atomic E-state index is 5.89. The molecule has 0 radical (unpaired) electrons. The van der Waals surface area contributed by atoms with E-state index in [-0.39, 0.29) is 0 Å². The summed E-state index contributed by atoms with van der Waals surface area (Å²) in [5, 5.41) is 4.54.